The van der Waals surface area contributed by atoms with E-state index in [1.807, 2.05) is 0 Å². The summed E-state index contributed by atoms with van der Waals surface area (Å²) < 4.78 is 5.51. The Morgan fingerprint density at radius 1 is 1.26 bits per heavy atom. The first-order chi connectivity index (χ1) is 11.1. The molecule has 1 aromatic carbocycles. The second-order valence-corrected chi connectivity index (χ2v) is 6.07. The summed E-state index contributed by atoms with van der Waals surface area (Å²) in [5, 5.41) is 4.96. The number of rotatable bonds is 11. The van der Waals surface area contributed by atoms with E-state index >= 15 is 0 Å². The largest absolute Gasteiger partial charge is 0.492 e. The smallest absolute Gasteiger partial charge is 0.240 e. The third-order valence-electron chi connectivity index (χ3n) is 3.17. The van der Waals surface area contributed by atoms with Crippen molar-refractivity contribution in [1.29, 1.82) is 0 Å². The lowest BCUT2D eigenvalue weighted by Crippen LogP contribution is -2.17. The van der Waals surface area contributed by atoms with Gasteiger partial charge in [0.1, 0.15) is 5.75 Å². The summed E-state index contributed by atoms with van der Waals surface area (Å²) in [6, 6.07) is 5.05. The van der Waals surface area contributed by atoms with E-state index in [0.717, 1.165) is 12.8 Å². The molecule has 0 heterocycles. The fourth-order valence-corrected chi connectivity index (χ4v) is 2.37. The minimum Gasteiger partial charge on any atom is -0.492 e. The van der Waals surface area contributed by atoms with Gasteiger partial charge in [-0.25, -0.2) is 5.43 Å². The summed E-state index contributed by atoms with van der Waals surface area (Å²) in [4.78, 5) is 11.6. The maximum atomic E-state index is 11.6. The van der Waals surface area contributed by atoms with Crippen LogP contribution in [0.3, 0.4) is 0 Å². The molecule has 0 atom stereocenters. The first-order valence-electron chi connectivity index (χ1n) is 8.01. The van der Waals surface area contributed by atoms with Gasteiger partial charge in [0.2, 0.25) is 5.91 Å². The van der Waals surface area contributed by atoms with E-state index < -0.39 is 0 Å². The van der Waals surface area contributed by atoms with Crippen LogP contribution in [0.4, 0.5) is 0 Å². The standard InChI is InChI=1S/C17H24Cl2N2O2/c1-2-3-4-5-6-11-20-21-17(22)8-7-12-23-16-10-9-14(18)13-15(16)19/h9-11,13H,2-8,12H2,1H3,(H,21,22)/b20-11+. The van der Waals surface area contributed by atoms with E-state index in [0.29, 0.717) is 35.2 Å². The number of hydrazone groups is 1. The van der Waals surface area contributed by atoms with E-state index in [2.05, 4.69) is 17.5 Å². The zero-order chi connectivity index (χ0) is 16.9. The molecule has 0 aliphatic carbocycles. The maximum absolute atomic E-state index is 11.6. The molecule has 0 aliphatic rings. The van der Waals surface area contributed by atoms with Crippen molar-refractivity contribution < 1.29 is 9.53 Å². The van der Waals surface area contributed by atoms with Gasteiger partial charge in [-0.3, -0.25) is 4.79 Å². The van der Waals surface area contributed by atoms with Crippen LogP contribution in [0.2, 0.25) is 10.0 Å². The van der Waals surface area contributed by atoms with E-state index in [1.165, 1.54) is 19.3 Å². The van der Waals surface area contributed by atoms with Crippen LogP contribution in [0.25, 0.3) is 0 Å². The van der Waals surface area contributed by atoms with Gasteiger partial charge in [-0.15, -0.1) is 0 Å². The lowest BCUT2D eigenvalue weighted by atomic mass is 10.2. The highest BCUT2D eigenvalue weighted by atomic mass is 35.5. The lowest BCUT2D eigenvalue weighted by Gasteiger charge is -2.07. The SMILES string of the molecule is CCCCCC/C=N/NC(=O)CCCOc1ccc(Cl)cc1Cl. The van der Waals surface area contributed by atoms with Gasteiger partial charge in [-0.05, 0) is 37.5 Å². The summed E-state index contributed by atoms with van der Waals surface area (Å²) in [6.07, 6.45) is 8.41. The molecule has 128 valence electrons. The predicted molar refractivity (Wildman–Crippen MR) is 96.6 cm³/mol. The van der Waals surface area contributed by atoms with Crippen LogP contribution in [0, 0.1) is 0 Å². The molecule has 0 bridgehead atoms. The van der Waals surface area contributed by atoms with Crippen molar-refractivity contribution in [3.05, 3.63) is 28.2 Å². The Bertz CT molecular complexity index is 507. The minimum atomic E-state index is -0.111. The molecule has 6 heteroatoms. The molecule has 1 N–H and O–H groups in total. The maximum Gasteiger partial charge on any atom is 0.240 e. The van der Waals surface area contributed by atoms with Gasteiger partial charge >= 0.3 is 0 Å². The Morgan fingerprint density at radius 2 is 2.09 bits per heavy atom. The van der Waals surface area contributed by atoms with Crippen molar-refractivity contribution in [2.75, 3.05) is 6.61 Å². The van der Waals surface area contributed by atoms with Crippen molar-refractivity contribution in [2.45, 2.75) is 51.9 Å². The molecule has 0 aliphatic heterocycles. The zero-order valence-electron chi connectivity index (χ0n) is 13.5. The second-order valence-electron chi connectivity index (χ2n) is 5.22. The number of nitrogens with one attached hydrogen (secondary N) is 1. The number of carbonyl (C=O) groups excluding carboxylic acids is 1. The molecule has 0 fully saturated rings. The summed E-state index contributed by atoms with van der Waals surface area (Å²) in [5.41, 5.74) is 2.52. The molecule has 1 amide bonds. The van der Waals surface area contributed by atoms with E-state index in [1.54, 1.807) is 24.4 Å². The van der Waals surface area contributed by atoms with Crippen molar-refractivity contribution in [3.8, 4) is 5.75 Å². The quantitative estimate of drug-likeness (QED) is 0.334. The molecular weight excluding hydrogens is 335 g/mol. The van der Waals surface area contributed by atoms with Crippen molar-refractivity contribution >= 4 is 35.3 Å². The highest BCUT2D eigenvalue weighted by Crippen LogP contribution is 2.27. The van der Waals surface area contributed by atoms with E-state index in [9.17, 15) is 4.79 Å². The molecule has 0 radical (unpaired) electrons. The summed E-state index contributed by atoms with van der Waals surface area (Å²) in [5.74, 6) is 0.460. The van der Waals surface area contributed by atoms with Gasteiger partial charge in [-0.2, -0.15) is 5.10 Å². The van der Waals surface area contributed by atoms with Gasteiger partial charge in [0, 0.05) is 17.7 Å². The number of benzene rings is 1. The first kappa shape index (κ1) is 19.8. The van der Waals surface area contributed by atoms with Gasteiger partial charge < -0.3 is 4.74 Å². The molecule has 0 unspecified atom stereocenters. The number of carbonyl (C=O) groups is 1. The Labute approximate surface area is 148 Å². The Balaban J connectivity index is 2.08. The fourth-order valence-electron chi connectivity index (χ4n) is 1.91. The van der Waals surface area contributed by atoms with Crippen LogP contribution in [0.5, 0.6) is 5.75 Å². The summed E-state index contributed by atoms with van der Waals surface area (Å²) in [7, 11) is 0. The van der Waals surface area contributed by atoms with Gasteiger partial charge in [0.15, 0.2) is 0 Å². The van der Waals surface area contributed by atoms with Crippen LogP contribution < -0.4 is 10.2 Å². The molecule has 23 heavy (non-hydrogen) atoms. The number of hydrogen-bond donors (Lipinski definition) is 1. The first-order valence-corrected chi connectivity index (χ1v) is 8.77. The van der Waals surface area contributed by atoms with Crippen LogP contribution in [-0.4, -0.2) is 18.7 Å². The number of amides is 1. The van der Waals surface area contributed by atoms with Crippen LogP contribution in [-0.2, 0) is 4.79 Å². The molecule has 4 nitrogen and oxygen atoms in total. The third kappa shape index (κ3) is 9.47. The number of halogens is 2. The predicted octanol–water partition coefficient (Wildman–Crippen LogP) is 5.22. The van der Waals surface area contributed by atoms with Crippen molar-refractivity contribution in [3.63, 3.8) is 0 Å². The zero-order valence-corrected chi connectivity index (χ0v) is 15.0. The molecule has 1 rings (SSSR count). The van der Waals surface area contributed by atoms with Crippen LogP contribution >= 0.6 is 23.2 Å². The Hall–Kier alpha value is -1.26. The lowest BCUT2D eigenvalue weighted by molar-refractivity contribution is -0.121. The van der Waals surface area contributed by atoms with Gasteiger partial charge in [0.05, 0.1) is 11.6 Å². The molecule has 0 aromatic heterocycles. The minimum absolute atomic E-state index is 0.111. The van der Waals surface area contributed by atoms with Crippen molar-refractivity contribution in [2.24, 2.45) is 5.10 Å². The average Bonchev–Trinajstić information content (AvgIpc) is 2.52. The third-order valence-corrected chi connectivity index (χ3v) is 3.70. The molecule has 0 spiro atoms. The van der Waals surface area contributed by atoms with Crippen LogP contribution in [0.1, 0.15) is 51.9 Å². The fraction of sp³-hybridized carbons (Fsp3) is 0.529. The normalized spacial score (nSPS) is 10.9. The summed E-state index contributed by atoms with van der Waals surface area (Å²) in [6.45, 7) is 2.59. The molecule has 0 saturated carbocycles. The Morgan fingerprint density at radius 3 is 2.83 bits per heavy atom. The monoisotopic (exact) mass is 358 g/mol. The van der Waals surface area contributed by atoms with Gasteiger partial charge in [0.25, 0.3) is 0 Å². The molecular formula is C17H24Cl2N2O2. The summed E-state index contributed by atoms with van der Waals surface area (Å²) >= 11 is 11.8. The topological polar surface area (TPSA) is 50.7 Å². The highest BCUT2D eigenvalue weighted by Gasteiger charge is 2.03. The highest BCUT2D eigenvalue weighted by molar-refractivity contribution is 6.35. The number of nitrogens with zero attached hydrogens (tertiary/aromatic N) is 1. The van der Waals surface area contributed by atoms with E-state index in [4.69, 9.17) is 27.9 Å². The van der Waals surface area contributed by atoms with Gasteiger partial charge in [-0.1, -0.05) is 49.4 Å². The Kier molecular flexibility index (Phi) is 10.5. The molecule has 0 saturated heterocycles. The molecule has 1 aromatic rings. The number of hydrogen-bond acceptors (Lipinski definition) is 3. The van der Waals surface area contributed by atoms with E-state index in [-0.39, 0.29) is 5.91 Å². The number of ether oxygens (including phenoxy) is 1. The van der Waals surface area contributed by atoms with Crippen molar-refractivity contribution in [1.82, 2.24) is 5.43 Å². The number of unbranched alkanes of at least 4 members (excludes halogenated alkanes) is 4. The van der Waals surface area contributed by atoms with Crippen LogP contribution in [0.15, 0.2) is 23.3 Å². The second kappa shape index (κ2) is 12.2. The average molecular weight is 359 g/mol.